The highest BCUT2D eigenvalue weighted by molar-refractivity contribution is 8.01. The van der Waals surface area contributed by atoms with E-state index in [1.54, 1.807) is 23.9 Å². The van der Waals surface area contributed by atoms with E-state index in [-0.39, 0.29) is 5.91 Å². The zero-order valence-electron chi connectivity index (χ0n) is 14.5. The first-order valence-electron chi connectivity index (χ1n) is 8.19. The summed E-state index contributed by atoms with van der Waals surface area (Å²) < 4.78 is 6.68. The number of aromatic nitrogens is 2. The molecular weight excluding hydrogens is 366 g/mol. The molecule has 0 saturated heterocycles. The molecule has 3 rings (SSSR count). The number of para-hydroxylation sites is 1. The summed E-state index contributed by atoms with van der Waals surface area (Å²) in [6.07, 6.45) is 0. The van der Waals surface area contributed by atoms with Gasteiger partial charge in [-0.3, -0.25) is 10.1 Å². The van der Waals surface area contributed by atoms with Gasteiger partial charge in [0.1, 0.15) is 12.4 Å². The molecule has 5 nitrogen and oxygen atoms in total. The smallest absolute Gasteiger partial charge is 0.261 e. The number of carbonyl (C=O) groups is 1. The third kappa shape index (κ3) is 5.06. The van der Waals surface area contributed by atoms with Crippen molar-refractivity contribution in [3.05, 3.63) is 65.7 Å². The summed E-state index contributed by atoms with van der Waals surface area (Å²) in [6, 6.07) is 17.0. The van der Waals surface area contributed by atoms with Gasteiger partial charge in [-0.15, -0.1) is 10.2 Å². The van der Waals surface area contributed by atoms with E-state index in [1.807, 2.05) is 42.5 Å². The average molecular weight is 386 g/mol. The van der Waals surface area contributed by atoms with Crippen LogP contribution in [0.15, 0.2) is 58.9 Å². The van der Waals surface area contributed by atoms with E-state index in [1.165, 1.54) is 11.3 Å². The second kappa shape index (κ2) is 8.82. The zero-order chi connectivity index (χ0) is 18.4. The van der Waals surface area contributed by atoms with Gasteiger partial charge in [0.15, 0.2) is 4.34 Å². The number of amides is 1. The molecule has 0 bridgehead atoms. The highest BCUT2D eigenvalue weighted by Crippen LogP contribution is 2.29. The number of hydrogen-bond donors (Lipinski definition) is 1. The normalized spacial score (nSPS) is 10.7. The average Bonchev–Trinajstić information content (AvgIpc) is 3.07. The largest absolute Gasteiger partial charge is 0.488 e. The number of benzene rings is 2. The van der Waals surface area contributed by atoms with Crippen LogP contribution in [0.25, 0.3) is 0 Å². The highest BCUT2D eigenvalue weighted by atomic mass is 32.2. The van der Waals surface area contributed by atoms with Gasteiger partial charge in [0, 0.05) is 5.25 Å². The maximum absolute atomic E-state index is 12.6. The summed E-state index contributed by atoms with van der Waals surface area (Å²) in [4.78, 5) is 12.6. The summed E-state index contributed by atoms with van der Waals surface area (Å²) in [5, 5.41) is 11.8. The topological polar surface area (TPSA) is 64.1 Å². The number of thioether (sulfide) groups is 1. The summed E-state index contributed by atoms with van der Waals surface area (Å²) in [5.41, 5.74) is 1.51. The lowest BCUT2D eigenvalue weighted by Crippen LogP contribution is -2.13. The Kier molecular flexibility index (Phi) is 6.25. The number of anilines is 1. The van der Waals surface area contributed by atoms with E-state index < -0.39 is 0 Å². The quantitative estimate of drug-likeness (QED) is 0.464. The zero-order valence-corrected chi connectivity index (χ0v) is 16.1. The molecule has 0 atom stereocenters. The molecule has 0 aliphatic rings. The van der Waals surface area contributed by atoms with Crippen molar-refractivity contribution in [3.8, 4) is 5.75 Å². The Bertz CT molecular complexity index is 866. The van der Waals surface area contributed by atoms with E-state index in [0.29, 0.717) is 28.3 Å². The Labute approximate surface area is 160 Å². The second-order valence-corrected chi connectivity index (χ2v) is 8.57. The molecule has 7 heteroatoms. The predicted octanol–water partition coefficient (Wildman–Crippen LogP) is 4.87. The number of ether oxygens (including phenoxy) is 1. The molecule has 0 spiro atoms. The number of nitrogens with zero attached hydrogens (tertiary/aromatic N) is 2. The lowest BCUT2D eigenvalue weighted by molar-refractivity contribution is 0.102. The first-order chi connectivity index (χ1) is 12.6. The summed E-state index contributed by atoms with van der Waals surface area (Å²) in [5.74, 6) is 0.279. The fourth-order valence-corrected chi connectivity index (χ4v) is 4.16. The van der Waals surface area contributed by atoms with Gasteiger partial charge in [-0.2, -0.15) is 0 Å². The molecule has 0 saturated carbocycles. The SMILES string of the molecule is CC(C)Sc1nnc(NC(=O)c2ccccc2OCc2ccccc2)s1. The molecule has 0 aliphatic carbocycles. The molecule has 134 valence electrons. The van der Waals surface area contributed by atoms with Crippen LogP contribution in [0, 0.1) is 0 Å². The van der Waals surface area contributed by atoms with Crippen molar-refractivity contribution in [2.24, 2.45) is 0 Å². The van der Waals surface area contributed by atoms with Crippen LogP contribution < -0.4 is 10.1 Å². The van der Waals surface area contributed by atoms with Crippen molar-refractivity contribution in [2.45, 2.75) is 30.0 Å². The first kappa shape index (κ1) is 18.4. The lowest BCUT2D eigenvalue weighted by Gasteiger charge is -2.10. The van der Waals surface area contributed by atoms with Crippen LogP contribution in [-0.4, -0.2) is 21.4 Å². The Morgan fingerprint density at radius 3 is 2.62 bits per heavy atom. The molecule has 0 unspecified atom stereocenters. The van der Waals surface area contributed by atoms with Gasteiger partial charge in [-0.25, -0.2) is 0 Å². The molecule has 3 aromatic rings. The van der Waals surface area contributed by atoms with Gasteiger partial charge in [-0.05, 0) is 17.7 Å². The molecule has 26 heavy (non-hydrogen) atoms. The Morgan fingerprint density at radius 2 is 1.85 bits per heavy atom. The van der Waals surface area contributed by atoms with Crippen LogP contribution in [0.5, 0.6) is 5.75 Å². The van der Waals surface area contributed by atoms with Gasteiger partial charge in [0.25, 0.3) is 5.91 Å². The van der Waals surface area contributed by atoms with Crippen molar-refractivity contribution < 1.29 is 9.53 Å². The maximum Gasteiger partial charge on any atom is 0.261 e. The third-order valence-electron chi connectivity index (χ3n) is 3.33. The molecule has 0 fully saturated rings. The second-order valence-electron chi connectivity index (χ2n) is 5.76. The number of nitrogens with one attached hydrogen (secondary N) is 1. The molecular formula is C19H19N3O2S2. The van der Waals surface area contributed by atoms with Gasteiger partial charge < -0.3 is 4.74 Å². The van der Waals surface area contributed by atoms with Crippen LogP contribution in [0.3, 0.4) is 0 Å². The monoisotopic (exact) mass is 385 g/mol. The van der Waals surface area contributed by atoms with Crippen LogP contribution in [0.2, 0.25) is 0 Å². The number of rotatable bonds is 7. The van der Waals surface area contributed by atoms with E-state index in [0.717, 1.165) is 9.90 Å². The van der Waals surface area contributed by atoms with Gasteiger partial charge in [-0.1, -0.05) is 79.4 Å². The van der Waals surface area contributed by atoms with E-state index in [4.69, 9.17) is 4.74 Å². The minimum atomic E-state index is -0.258. The predicted molar refractivity (Wildman–Crippen MR) is 106 cm³/mol. The minimum Gasteiger partial charge on any atom is -0.488 e. The van der Waals surface area contributed by atoms with E-state index >= 15 is 0 Å². The van der Waals surface area contributed by atoms with E-state index in [9.17, 15) is 4.79 Å². The van der Waals surface area contributed by atoms with Crippen molar-refractivity contribution >= 4 is 34.1 Å². The highest BCUT2D eigenvalue weighted by Gasteiger charge is 2.15. The molecule has 2 aromatic carbocycles. The van der Waals surface area contributed by atoms with Crippen molar-refractivity contribution in [3.63, 3.8) is 0 Å². The van der Waals surface area contributed by atoms with E-state index in [2.05, 4.69) is 29.4 Å². The van der Waals surface area contributed by atoms with Crippen molar-refractivity contribution in [1.82, 2.24) is 10.2 Å². The summed E-state index contributed by atoms with van der Waals surface area (Å²) >= 11 is 2.99. The minimum absolute atomic E-state index is 0.258. The van der Waals surface area contributed by atoms with Crippen molar-refractivity contribution in [1.29, 1.82) is 0 Å². The third-order valence-corrected chi connectivity index (χ3v) is 5.26. The summed E-state index contributed by atoms with van der Waals surface area (Å²) in [6.45, 7) is 4.58. The van der Waals surface area contributed by atoms with Crippen LogP contribution in [0.4, 0.5) is 5.13 Å². The van der Waals surface area contributed by atoms with Gasteiger partial charge in [0.2, 0.25) is 5.13 Å². The number of carbonyl (C=O) groups excluding carboxylic acids is 1. The fraction of sp³-hybridized carbons (Fsp3) is 0.211. The van der Waals surface area contributed by atoms with Crippen LogP contribution in [-0.2, 0) is 6.61 Å². The molecule has 0 radical (unpaired) electrons. The molecule has 1 amide bonds. The fourth-order valence-electron chi connectivity index (χ4n) is 2.19. The van der Waals surface area contributed by atoms with Crippen LogP contribution >= 0.6 is 23.1 Å². The molecule has 1 N–H and O–H groups in total. The van der Waals surface area contributed by atoms with Gasteiger partial charge in [0.05, 0.1) is 5.56 Å². The van der Waals surface area contributed by atoms with Crippen molar-refractivity contribution in [2.75, 3.05) is 5.32 Å². The Morgan fingerprint density at radius 1 is 1.12 bits per heavy atom. The Balaban J connectivity index is 1.68. The summed E-state index contributed by atoms with van der Waals surface area (Å²) in [7, 11) is 0. The molecule has 1 heterocycles. The standard InChI is InChI=1S/C19H19N3O2S2/c1-13(2)25-19-22-21-18(26-19)20-17(23)15-10-6-7-11-16(15)24-12-14-8-4-3-5-9-14/h3-11,13H,12H2,1-2H3,(H,20,21,23). The molecule has 1 aromatic heterocycles. The van der Waals surface area contributed by atoms with Gasteiger partial charge >= 0.3 is 0 Å². The van der Waals surface area contributed by atoms with Crippen LogP contribution in [0.1, 0.15) is 29.8 Å². The first-order valence-corrected chi connectivity index (χ1v) is 9.88. The lowest BCUT2D eigenvalue weighted by atomic mass is 10.2. The maximum atomic E-state index is 12.6. The Hall–Kier alpha value is -2.38. The number of hydrogen-bond acceptors (Lipinski definition) is 6. The molecule has 0 aliphatic heterocycles.